The third kappa shape index (κ3) is 3.51. The number of aromatic amines is 1. The zero-order valence-electron chi connectivity index (χ0n) is 16.3. The number of benzene rings is 2. The SMILES string of the molecule is NC(=O)c1ccc(-c2nc3c([nH]2)CN([C@@H]2CCN(c4ccccc4)C2)CC3)cc1. The fraction of sp³-hybridized carbons (Fsp3) is 0.304. The van der Waals surface area contributed by atoms with Crippen LogP contribution in [0.2, 0.25) is 0 Å². The second kappa shape index (κ2) is 7.37. The summed E-state index contributed by atoms with van der Waals surface area (Å²) in [6, 6.07) is 18.6. The third-order valence-electron chi connectivity index (χ3n) is 6.11. The van der Waals surface area contributed by atoms with Crippen LogP contribution < -0.4 is 10.6 Å². The molecule has 6 heteroatoms. The lowest BCUT2D eigenvalue weighted by molar-refractivity contribution is 0.100. The number of H-pyrrole nitrogens is 1. The Morgan fingerprint density at radius 2 is 1.86 bits per heavy atom. The average Bonchev–Trinajstić information content (AvgIpc) is 3.41. The van der Waals surface area contributed by atoms with Gasteiger partial charge in [0.15, 0.2) is 0 Å². The number of primary amides is 1. The number of amides is 1. The topological polar surface area (TPSA) is 78.2 Å². The predicted molar refractivity (Wildman–Crippen MR) is 114 cm³/mol. The average molecular weight is 387 g/mol. The standard InChI is InChI=1S/C23H25N5O/c24-22(29)16-6-8-17(9-7-16)23-25-20-11-13-28(15-21(20)26-23)19-10-12-27(14-19)18-4-2-1-3-5-18/h1-9,19H,10-15H2,(H2,24,29)(H,25,26)/t19-/m1/s1. The first-order valence-corrected chi connectivity index (χ1v) is 10.2. The Kier molecular flexibility index (Phi) is 4.56. The van der Waals surface area contributed by atoms with Crippen molar-refractivity contribution in [3.8, 4) is 11.4 Å². The van der Waals surface area contributed by atoms with Crippen LogP contribution in [0.1, 0.15) is 28.2 Å². The maximum absolute atomic E-state index is 11.3. The van der Waals surface area contributed by atoms with E-state index in [1.165, 1.54) is 17.8 Å². The van der Waals surface area contributed by atoms with Crippen LogP contribution in [0.15, 0.2) is 54.6 Å². The van der Waals surface area contributed by atoms with E-state index in [0.29, 0.717) is 11.6 Å². The van der Waals surface area contributed by atoms with Crippen LogP contribution in [0.3, 0.4) is 0 Å². The third-order valence-corrected chi connectivity index (χ3v) is 6.11. The molecule has 0 bridgehead atoms. The van der Waals surface area contributed by atoms with Crippen molar-refractivity contribution in [2.24, 2.45) is 5.73 Å². The van der Waals surface area contributed by atoms with Crippen LogP contribution in [-0.2, 0) is 13.0 Å². The van der Waals surface area contributed by atoms with E-state index < -0.39 is 5.91 Å². The number of anilines is 1. The highest BCUT2D eigenvalue weighted by Gasteiger charge is 2.31. The van der Waals surface area contributed by atoms with Crippen LogP contribution in [0.25, 0.3) is 11.4 Å². The summed E-state index contributed by atoms with van der Waals surface area (Å²) in [5.74, 6) is 0.456. The molecule has 2 aliphatic rings. The molecule has 1 saturated heterocycles. The summed E-state index contributed by atoms with van der Waals surface area (Å²) in [5, 5.41) is 0. The molecular weight excluding hydrogens is 362 g/mol. The Balaban J connectivity index is 1.29. The second-order valence-corrected chi connectivity index (χ2v) is 7.90. The Hall–Kier alpha value is -3.12. The molecule has 0 aliphatic carbocycles. The van der Waals surface area contributed by atoms with Gasteiger partial charge in [0.25, 0.3) is 0 Å². The van der Waals surface area contributed by atoms with Crippen molar-refractivity contribution in [3.63, 3.8) is 0 Å². The molecule has 6 nitrogen and oxygen atoms in total. The summed E-state index contributed by atoms with van der Waals surface area (Å²) in [6.07, 6.45) is 2.16. The van der Waals surface area contributed by atoms with Crippen molar-refractivity contribution in [1.82, 2.24) is 14.9 Å². The Labute approximate surface area is 170 Å². The number of hydrogen-bond acceptors (Lipinski definition) is 4. The molecule has 148 valence electrons. The number of nitrogens with zero attached hydrogens (tertiary/aromatic N) is 3. The van der Waals surface area contributed by atoms with Crippen molar-refractivity contribution in [3.05, 3.63) is 71.5 Å². The minimum atomic E-state index is -0.410. The summed E-state index contributed by atoms with van der Waals surface area (Å²) in [6.45, 7) is 4.15. The molecule has 3 heterocycles. The van der Waals surface area contributed by atoms with E-state index >= 15 is 0 Å². The molecule has 1 aromatic heterocycles. The van der Waals surface area contributed by atoms with Crippen LogP contribution in [0, 0.1) is 0 Å². The number of nitrogens with one attached hydrogen (secondary N) is 1. The van der Waals surface area contributed by atoms with E-state index in [2.05, 4.69) is 45.1 Å². The number of imidazole rings is 1. The maximum atomic E-state index is 11.3. The lowest BCUT2D eigenvalue weighted by atomic mass is 10.1. The van der Waals surface area contributed by atoms with E-state index in [1.807, 2.05) is 12.1 Å². The number of nitrogens with two attached hydrogens (primary N) is 1. The lowest BCUT2D eigenvalue weighted by Gasteiger charge is -2.31. The molecule has 1 fully saturated rings. The summed E-state index contributed by atoms with van der Waals surface area (Å²) in [4.78, 5) is 24.7. The molecule has 0 unspecified atom stereocenters. The molecule has 2 aromatic carbocycles. The highest BCUT2D eigenvalue weighted by atomic mass is 16.1. The maximum Gasteiger partial charge on any atom is 0.248 e. The lowest BCUT2D eigenvalue weighted by Crippen LogP contribution is -2.41. The van der Waals surface area contributed by atoms with Gasteiger partial charge in [0, 0.05) is 55.5 Å². The van der Waals surface area contributed by atoms with Crippen LogP contribution in [-0.4, -0.2) is 46.5 Å². The molecule has 0 spiro atoms. The van der Waals surface area contributed by atoms with Crippen molar-refractivity contribution in [1.29, 1.82) is 0 Å². The summed E-state index contributed by atoms with van der Waals surface area (Å²) < 4.78 is 0. The number of hydrogen-bond donors (Lipinski definition) is 2. The molecule has 2 aliphatic heterocycles. The summed E-state index contributed by atoms with van der Waals surface area (Å²) in [5.41, 5.74) is 10.5. The quantitative estimate of drug-likeness (QED) is 0.722. The minimum absolute atomic E-state index is 0.410. The van der Waals surface area contributed by atoms with E-state index in [-0.39, 0.29) is 0 Å². The molecule has 29 heavy (non-hydrogen) atoms. The van der Waals surface area contributed by atoms with Gasteiger partial charge in [0.2, 0.25) is 5.91 Å². The first-order chi connectivity index (χ1) is 14.2. The molecule has 0 saturated carbocycles. The van der Waals surface area contributed by atoms with Crippen molar-refractivity contribution in [2.45, 2.75) is 25.4 Å². The molecule has 3 N–H and O–H groups in total. The molecule has 0 radical (unpaired) electrons. The van der Waals surface area contributed by atoms with E-state index in [1.54, 1.807) is 12.1 Å². The van der Waals surface area contributed by atoms with Crippen LogP contribution in [0.5, 0.6) is 0 Å². The predicted octanol–water partition coefficient (Wildman–Crippen LogP) is 2.81. The van der Waals surface area contributed by atoms with Gasteiger partial charge in [-0.05, 0) is 30.7 Å². The van der Waals surface area contributed by atoms with Gasteiger partial charge in [-0.2, -0.15) is 0 Å². The molecule has 1 amide bonds. The fourth-order valence-corrected chi connectivity index (χ4v) is 4.47. The Bertz CT molecular complexity index is 1010. The number of aromatic nitrogens is 2. The number of para-hydroxylation sites is 1. The van der Waals surface area contributed by atoms with Crippen molar-refractivity contribution < 1.29 is 4.79 Å². The molecular formula is C23H25N5O. The Morgan fingerprint density at radius 1 is 1.07 bits per heavy atom. The van der Waals surface area contributed by atoms with E-state index in [4.69, 9.17) is 10.7 Å². The van der Waals surface area contributed by atoms with E-state index in [9.17, 15) is 4.79 Å². The molecule has 1 atom stereocenters. The smallest absolute Gasteiger partial charge is 0.248 e. The van der Waals surface area contributed by atoms with Crippen molar-refractivity contribution in [2.75, 3.05) is 24.5 Å². The molecule has 3 aromatic rings. The zero-order chi connectivity index (χ0) is 19.8. The first kappa shape index (κ1) is 17.9. The first-order valence-electron chi connectivity index (χ1n) is 10.2. The van der Waals surface area contributed by atoms with Gasteiger partial charge in [-0.1, -0.05) is 30.3 Å². The minimum Gasteiger partial charge on any atom is -0.370 e. The highest BCUT2D eigenvalue weighted by molar-refractivity contribution is 5.93. The summed E-state index contributed by atoms with van der Waals surface area (Å²) in [7, 11) is 0. The second-order valence-electron chi connectivity index (χ2n) is 7.90. The van der Waals surface area contributed by atoms with Gasteiger partial charge in [-0.15, -0.1) is 0 Å². The zero-order valence-corrected chi connectivity index (χ0v) is 16.3. The Morgan fingerprint density at radius 3 is 2.62 bits per heavy atom. The number of fused-ring (bicyclic) bond motifs is 1. The fourth-order valence-electron chi connectivity index (χ4n) is 4.47. The van der Waals surface area contributed by atoms with Gasteiger partial charge in [-0.3, -0.25) is 9.69 Å². The number of carbonyl (C=O) groups excluding carboxylic acids is 1. The normalized spacial score (nSPS) is 19.3. The number of rotatable bonds is 4. The van der Waals surface area contributed by atoms with E-state index in [0.717, 1.165) is 49.7 Å². The van der Waals surface area contributed by atoms with Gasteiger partial charge in [0.1, 0.15) is 5.82 Å². The highest BCUT2D eigenvalue weighted by Crippen LogP contribution is 2.28. The van der Waals surface area contributed by atoms with Crippen molar-refractivity contribution >= 4 is 11.6 Å². The van der Waals surface area contributed by atoms with Crippen LogP contribution in [0.4, 0.5) is 5.69 Å². The monoisotopic (exact) mass is 387 g/mol. The molecule has 5 rings (SSSR count). The largest absolute Gasteiger partial charge is 0.370 e. The summed E-state index contributed by atoms with van der Waals surface area (Å²) >= 11 is 0. The number of carbonyl (C=O) groups is 1. The van der Waals surface area contributed by atoms with Gasteiger partial charge in [-0.25, -0.2) is 4.98 Å². The van der Waals surface area contributed by atoms with Gasteiger partial charge < -0.3 is 15.6 Å². The van der Waals surface area contributed by atoms with Gasteiger partial charge in [0.05, 0.1) is 11.4 Å². The van der Waals surface area contributed by atoms with Gasteiger partial charge >= 0.3 is 0 Å². The van der Waals surface area contributed by atoms with Crippen LogP contribution >= 0.6 is 0 Å².